The SMILES string of the molecule is CCc1[nH]c2ccc(OC)c(F)c2c1CC(=O)O. The van der Waals surface area contributed by atoms with Crippen molar-refractivity contribution in [2.45, 2.75) is 19.8 Å². The van der Waals surface area contributed by atoms with Crippen LogP contribution in [0.1, 0.15) is 18.2 Å². The molecule has 0 spiro atoms. The highest BCUT2D eigenvalue weighted by molar-refractivity contribution is 5.90. The Morgan fingerprint density at radius 1 is 1.50 bits per heavy atom. The number of fused-ring (bicyclic) bond motifs is 1. The molecule has 0 saturated heterocycles. The third-order valence-electron chi connectivity index (χ3n) is 2.96. The fourth-order valence-electron chi connectivity index (χ4n) is 2.15. The molecule has 5 heteroatoms. The number of aromatic amines is 1. The molecule has 2 aromatic rings. The van der Waals surface area contributed by atoms with E-state index in [9.17, 15) is 9.18 Å². The summed E-state index contributed by atoms with van der Waals surface area (Å²) in [6.07, 6.45) is 0.423. The van der Waals surface area contributed by atoms with Crippen molar-refractivity contribution in [1.82, 2.24) is 4.98 Å². The van der Waals surface area contributed by atoms with Crippen molar-refractivity contribution < 1.29 is 19.0 Å². The molecular weight excluding hydrogens is 237 g/mol. The average molecular weight is 251 g/mol. The van der Waals surface area contributed by atoms with Crippen LogP contribution in [-0.4, -0.2) is 23.2 Å². The second-order valence-corrected chi connectivity index (χ2v) is 4.01. The Balaban J connectivity index is 2.74. The van der Waals surface area contributed by atoms with E-state index in [2.05, 4.69) is 4.98 Å². The number of carboxylic acid groups (broad SMARTS) is 1. The van der Waals surface area contributed by atoms with Gasteiger partial charge in [0.15, 0.2) is 11.6 Å². The highest BCUT2D eigenvalue weighted by Gasteiger charge is 2.19. The van der Waals surface area contributed by atoms with Gasteiger partial charge in [-0.15, -0.1) is 0 Å². The minimum absolute atomic E-state index is 0.121. The van der Waals surface area contributed by atoms with E-state index in [4.69, 9.17) is 9.84 Å². The number of aryl methyl sites for hydroxylation is 1. The topological polar surface area (TPSA) is 62.3 Å². The van der Waals surface area contributed by atoms with Gasteiger partial charge in [0, 0.05) is 16.6 Å². The lowest BCUT2D eigenvalue weighted by Gasteiger charge is -2.04. The summed E-state index contributed by atoms with van der Waals surface area (Å²) < 4.78 is 19.1. The number of carboxylic acids is 1. The van der Waals surface area contributed by atoms with Gasteiger partial charge >= 0.3 is 5.97 Å². The fourth-order valence-corrected chi connectivity index (χ4v) is 2.15. The van der Waals surface area contributed by atoms with Crippen molar-refractivity contribution in [3.05, 3.63) is 29.2 Å². The third kappa shape index (κ3) is 1.92. The number of methoxy groups -OCH3 is 1. The number of hydrogen-bond donors (Lipinski definition) is 2. The molecule has 18 heavy (non-hydrogen) atoms. The molecular formula is C13H14FNO3. The number of nitrogens with one attached hydrogen (secondary N) is 1. The molecule has 0 aliphatic heterocycles. The molecule has 2 N–H and O–H groups in total. The van der Waals surface area contributed by atoms with Crippen molar-refractivity contribution in [1.29, 1.82) is 0 Å². The first kappa shape index (κ1) is 12.4. The van der Waals surface area contributed by atoms with E-state index >= 15 is 0 Å². The molecule has 0 fully saturated rings. The molecule has 1 aromatic heterocycles. The standard InChI is InChI=1S/C13H14FNO3/c1-3-8-7(6-11(16)17)12-9(15-8)4-5-10(18-2)13(12)14/h4-5,15H,3,6H2,1-2H3,(H,16,17). The molecule has 4 nitrogen and oxygen atoms in total. The molecule has 0 atom stereocenters. The van der Waals surface area contributed by atoms with E-state index in [1.807, 2.05) is 6.92 Å². The van der Waals surface area contributed by atoms with Gasteiger partial charge in [-0.1, -0.05) is 6.92 Å². The monoisotopic (exact) mass is 251 g/mol. The van der Waals surface area contributed by atoms with Crippen molar-refractivity contribution in [3.8, 4) is 5.75 Å². The van der Waals surface area contributed by atoms with Gasteiger partial charge in [0.2, 0.25) is 0 Å². The van der Waals surface area contributed by atoms with Crippen LogP contribution in [0, 0.1) is 5.82 Å². The summed E-state index contributed by atoms with van der Waals surface area (Å²) in [5.74, 6) is -1.37. The molecule has 0 bridgehead atoms. The maximum absolute atomic E-state index is 14.2. The van der Waals surface area contributed by atoms with E-state index < -0.39 is 11.8 Å². The molecule has 1 aromatic carbocycles. The molecule has 0 aliphatic carbocycles. The summed E-state index contributed by atoms with van der Waals surface area (Å²) >= 11 is 0. The fraction of sp³-hybridized carbons (Fsp3) is 0.308. The summed E-state index contributed by atoms with van der Waals surface area (Å²) in [6.45, 7) is 1.89. The predicted molar refractivity (Wildman–Crippen MR) is 65.5 cm³/mol. The average Bonchev–Trinajstić information content (AvgIpc) is 2.68. The van der Waals surface area contributed by atoms with Gasteiger partial charge in [-0.25, -0.2) is 4.39 Å². The highest BCUT2D eigenvalue weighted by atomic mass is 19.1. The lowest BCUT2D eigenvalue weighted by atomic mass is 10.1. The number of H-pyrrole nitrogens is 1. The summed E-state index contributed by atoms with van der Waals surface area (Å²) in [4.78, 5) is 13.9. The van der Waals surface area contributed by atoms with Crippen molar-refractivity contribution in [3.63, 3.8) is 0 Å². The summed E-state index contributed by atoms with van der Waals surface area (Å²) in [5.41, 5.74) is 1.84. The minimum atomic E-state index is -0.979. The van der Waals surface area contributed by atoms with Gasteiger partial charge < -0.3 is 14.8 Å². The smallest absolute Gasteiger partial charge is 0.307 e. The number of benzene rings is 1. The zero-order chi connectivity index (χ0) is 13.3. The maximum Gasteiger partial charge on any atom is 0.307 e. The van der Waals surface area contributed by atoms with Gasteiger partial charge in [-0.2, -0.15) is 0 Å². The first-order valence-electron chi connectivity index (χ1n) is 5.66. The Bertz CT molecular complexity index is 604. The lowest BCUT2D eigenvalue weighted by Crippen LogP contribution is -2.02. The zero-order valence-electron chi connectivity index (χ0n) is 10.2. The van der Waals surface area contributed by atoms with Crippen molar-refractivity contribution in [2.24, 2.45) is 0 Å². The number of carbonyl (C=O) groups is 1. The second-order valence-electron chi connectivity index (χ2n) is 4.01. The predicted octanol–water partition coefficient (Wildman–Crippen LogP) is 2.51. The lowest BCUT2D eigenvalue weighted by molar-refractivity contribution is -0.136. The van der Waals surface area contributed by atoms with Crippen LogP contribution in [0.2, 0.25) is 0 Å². The number of aromatic nitrogens is 1. The molecule has 96 valence electrons. The molecule has 0 amide bonds. The van der Waals surface area contributed by atoms with Gasteiger partial charge in [0.25, 0.3) is 0 Å². The zero-order valence-corrected chi connectivity index (χ0v) is 10.2. The summed E-state index contributed by atoms with van der Waals surface area (Å²) in [5, 5.41) is 9.23. The summed E-state index contributed by atoms with van der Waals surface area (Å²) in [7, 11) is 1.38. The third-order valence-corrected chi connectivity index (χ3v) is 2.96. The van der Waals surface area contributed by atoms with Crippen LogP contribution in [0.3, 0.4) is 0 Å². The molecule has 1 heterocycles. The highest BCUT2D eigenvalue weighted by Crippen LogP contribution is 2.31. The molecule has 0 unspecified atom stereocenters. The Morgan fingerprint density at radius 2 is 2.22 bits per heavy atom. The molecule has 0 saturated carbocycles. The summed E-state index contributed by atoms with van der Waals surface area (Å²) in [6, 6.07) is 3.22. The van der Waals surface area contributed by atoms with Crippen LogP contribution < -0.4 is 4.74 Å². The number of ether oxygens (including phenoxy) is 1. The molecule has 0 aliphatic rings. The van der Waals surface area contributed by atoms with Crippen LogP contribution in [0.5, 0.6) is 5.75 Å². The van der Waals surface area contributed by atoms with Crippen LogP contribution in [0.25, 0.3) is 10.9 Å². The van der Waals surface area contributed by atoms with E-state index in [-0.39, 0.29) is 12.2 Å². The van der Waals surface area contributed by atoms with Crippen LogP contribution >= 0.6 is 0 Å². The first-order chi connectivity index (χ1) is 8.58. The number of halogens is 1. The van der Waals surface area contributed by atoms with Gasteiger partial charge in [-0.3, -0.25) is 4.79 Å². The number of rotatable bonds is 4. The van der Waals surface area contributed by atoms with Gasteiger partial charge in [0.05, 0.1) is 13.5 Å². The van der Waals surface area contributed by atoms with E-state index in [1.54, 1.807) is 6.07 Å². The Hall–Kier alpha value is -2.04. The Morgan fingerprint density at radius 3 is 2.78 bits per heavy atom. The Kier molecular flexibility index (Phi) is 3.23. The quantitative estimate of drug-likeness (QED) is 0.877. The maximum atomic E-state index is 14.2. The van der Waals surface area contributed by atoms with E-state index in [0.29, 0.717) is 22.9 Å². The van der Waals surface area contributed by atoms with Crippen molar-refractivity contribution in [2.75, 3.05) is 7.11 Å². The molecule has 0 radical (unpaired) electrons. The second kappa shape index (κ2) is 4.68. The van der Waals surface area contributed by atoms with Crippen molar-refractivity contribution >= 4 is 16.9 Å². The minimum Gasteiger partial charge on any atom is -0.494 e. The number of aliphatic carboxylic acids is 1. The van der Waals surface area contributed by atoms with Gasteiger partial charge in [-0.05, 0) is 24.1 Å². The van der Waals surface area contributed by atoms with Crippen LogP contribution in [0.4, 0.5) is 4.39 Å². The first-order valence-corrected chi connectivity index (χ1v) is 5.66. The van der Waals surface area contributed by atoms with Crippen LogP contribution in [0.15, 0.2) is 12.1 Å². The van der Waals surface area contributed by atoms with E-state index in [1.165, 1.54) is 13.2 Å². The Labute approximate surface area is 103 Å². The number of hydrogen-bond acceptors (Lipinski definition) is 2. The largest absolute Gasteiger partial charge is 0.494 e. The van der Waals surface area contributed by atoms with Gasteiger partial charge in [0.1, 0.15) is 0 Å². The van der Waals surface area contributed by atoms with Crippen LogP contribution in [-0.2, 0) is 17.6 Å². The molecule has 2 rings (SSSR count). The normalized spacial score (nSPS) is 10.8. The van der Waals surface area contributed by atoms with E-state index in [0.717, 1.165) is 5.69 Å².